The number of aromatic amines is 1. The molecule has 0 radical (unpaired) electrons. The SMILES string of the molecule is Cc1[nH]c(C(=O)OCC(=O)c2ccc3c(c2)[C@H](C)C(=O)N3)c(C)c1C(=O)OC(C)C. The van der Waals surface area contributed by atoms with Crippen LogP contribution in [0.3, 0.4) is 0 Å². The number of H-pyrrole nitrogens is 1. The van der Waals surface area contributed by atoms with Crippen LogP contribution in [-0.4, -0.2) is 41.3 Å². The summed E-state index contributed by atoms with van der Waals surface area (Å²) in [6.45, 7) is 8.05. The third-order valence-electron chi connectivity index (χ3n) is 5.01. The molecular formula is C22H24N2O6. The molecule has 0 bridgehead atoms. The van der Waals surface area contributed by atoms with E-state index in [9.17, 15) is 19.2 Å². The number of anilines is 1. The number of ketones is 1. The molecule has 0 spiro atoms. The van der Waals surface area contributed by atoms with Gasteiger partial charge in [-0.25, -0.2) is 9.59 Å². The third-order valence-corrected chi connectivity index (χ3v) is 5.01. The molecule has 0 unspecified atom stereocenters. The number of amides is 1. The Morgan fingerprint density at radius 3 is 2.50 bits per heavy atom. The monoisotopic (exact) mass is 412 g/mol. The van der Waals surface area contributed by atoms with Crippen LogP contribution < -0.4 is 5.32 Å². The summed E-state index contributed by atoms with van der Waals surface area (Å²) in [5, 5.41) is 2.74. The number of esters is 2. The summed E-state index contributed by atoms with van der Waals surface area (Å²) in [7, 11) is 0. The van der Waals surface area contributed by atoms with Gasteiger partial charge >= 0.3 is 11.9 Å². The number of rotatable bonds is 6. The number of benzene rings is 1. The number of aromatic nitrogens is 1. The highest BCUT2D eigenvalue weighted by atomic mass is 16.5. The second-order valence-corrected chi connectivity index (χ2v) is 7.59. The van der Waals surface area contributed by atoms with Gasteiger partial charge in [0.1, 0.15) is 5.69 Å². The first kappa shape index (κ1) is 21.3. The third kappa shape index (κ3) is 3.98. The maximum absolute atomic E-state index is 12.5. The molecule has 0 fully saturated rings. The van der Waals surface area contributed by atoms with Gasteiger partial charge in [0.25, 0.3) is 0 Å². The van der Waals surface area contributed by atoms with Crippen molar-refractivity contribution in [2.24, 2.45) is 0 Å². The first-order valence-electron chi connectivity index (χ1n) is 9.65. The zero-order valence-corrected chi connectivity index (χ0v) is 17.5. The van der Waals surface area contributed by atoms with Crippen molar-refractivity contribution in [2.45, 2.75) is 46.6 Å². The smallest absolute Gasteiger partial charge is 0.355 e. The van der Waals surface area contributed by atoms with E-state index < -0.39 is 24.3 Å². The van der Waals surface area contributed by atoms with Gasteiger partial charge in [0.2, 0.25) is 5.91 Å². The first-order chi connectivity index (χ1) is 14.1. The van der Waals surface area contributed by atoms with Gasteiger partial charge in [-0.2, -0.15) is 0 Å². The molecule has 1 aliphatic heterocycles. The largest absolute Gasteiger partial charge is 0.459 e. The molecule has 8 heteroatoms. The number of ether oxygens (including phenoxy) is 2. The van der Waals surface area contributed by atoms with Crippen LogP contribution in [0.2, 0.25) is 0 Å². The molecule has 2 aromatic rings. The van der Waals surface area contributed by atoms with Gasteiger partial charge < -0.3 is 19.8 Å². The van der Waals surface area contributed by atoms with Crippen molar-refractivity contribution in [3.8, 4) is 0 Å². The van der Waals surface area contributed by atoms with Gasteiger partial charge in [0.15, 0.2) is 12.4 Å². The Kier molecular flexibility index (Phi) is 5.78. The quantitative estimate of drug-likeness (QED) is 0.556. The molecule has 2 heterocycles. The molecule has 1 aromatic carbocycles. The Bertz CT molecular complexity index is 1050. The summed E-state index contributed by atoms with van der Waals surface area (Å²) >= 11 is 0. The molecule has 0 saturated heterocycles. The van der Waals surface area contributed by atoms with Crippen LogP contribution in [-0.2, 0) is 14.3 Å². The van der Waals surface area contributed by atoms with E-state index in [-0.39, 0.29) is 29.2 Å². The van der Waals surface area contributed by atoms with Crippen LogP contribution in [0.15, 0.2) is 18.2 Å². The fourth-order valence-electron chi connectivity index (χ4n) is 3.41. The lowest BCUT2D eigenvalue weighted by Gasteiger charge is -2.08. The van der Waals surface area contributed by atoms with Crippen molar-refractivity contribution in [1.82, 2.24) is 4.98 Å². The summed E-state index contributed by atoms with van der Waals surface area (Å²) in [5.74, 6) is -2.12. The van der Waals surface area contributed by atoms with Crippen molar-refractivity contribution >= 4 is 29.3 Å². The molecule has 8 nitrogen and oxygen atoms in total. The van der Waals surface area contributed by atoms with Crippen molar-refractivity contribution in [1.29, 1.82) is 0 Å². The standard InChI is InChI=1S/C22H24N2O6/c1-10(2)30-21(27)18-12(4)19(23-13(18)5)22(28)29-9-17(25)14-6-7-16-15(8-14)11(3)20(26)24-16/h6-8,10-11,23H,9H2,1-5H3,(H,24,26)/t11-/m0/s1. The number of Topliss-reactive ketones (excluding diaryl/α,β-unsaturated/α-hetero) is 1. The Balaban J connectivity index is 1.70. The average Bonchev–Trinajstić information content (AvgIpc) is 3.14. The molecule has 158 valence electrons. The summed E-state index contributed by atoms with van der Waals surface area (Å²) in [4.78, 5) is 51.8. The van der Waals surface area contributed by atoms with Crippen LogP contribution in [0.1, 0.15) is 74.7 Å². The Labute approximate surface area is 173 Å². The lowest BCUT2D eigenvalue weighted by atomic mass is 9.99. The number of nitrogens with one attached hydrogen (secondary N) is 2. The van der Waals surface area contributed by atoms with E-state index >= 15 is 0 Å². The van der Waals surface area contributed by atoms with E-state index in [1.54, 1.807) is 52.8 Å². The first-order valence-corrected chi connectivity index (χ1v) is 9.65. The highest BCUT2D eigenvalue weighted by Crippen LogP contribution is 2.32. The van der Waals surface area contributed by atoms with E-state index in [1.165, 1.54) is 0 Å². The van der Waals surface area contributed by atoms with Gasteiger partial charge in [0.05, 0.1) is 17.6 Å². The molecule has 1 amide bonds. The molecule has 2 N–H and O–H groups in total. The highest BCUT2D eigenvalue weighted by molar-refractivity contribution is 6.05. The summed E-state index contributed by atoms with van der Waals surface area (Å²) in [6.07, 6.45) is -0.292. The Morgan fingerprint density at radius 2 is 1.83 bits per heavy atom. The minimum atomic E-state index is -0.737. The summed E-state index contributed by atoms with van der Waals surface area (Å²) in [6, 6.07) is 4.88. The van der Waals surface area contributed by atoms with Crippen molar-refractivity contribution in [3.63, 3.8) is 0 Å². The van der Waals surface area contributed by atoms with E-state index in [4.69, 9.17) is 9.47 Å². The van der Waals surface area contributed by atoms with Gasteiger partial charge in [-0.05, 0) is 63.9 Å². The molecule has 1 aliphatic rings. The fraction of sp³-hybridized carbons (Fsp3) is 0.364. The van der Waals surface area contributed by atoms with Crippen molar-refractivity contribution < 1.29 is 28.7 Å². The molecule has 0 saturated carbocycles. The van der Waals surface area contributed by atoms with Crippen LogP contribution in [0.5, 0.6) is 0 Å². The number of hydrogen-bond donors (Lipinski definition) is 2. The molecular weight excluding hydrogens is 388 g/mol. The van der Waals surface area contributed by atoms with Crippen LogP contribution >= 0.6 is 0 Å². The number of hydrogen-bond acceptors (Lipinski definition) is 6. The molecule has 0 aliphatic carbocycles. The lowest BCUT2D eigenvalue weighted by Crippen LogP contribution is -2.16. The van der Waals surface area contributed by atoms with Crippen molar-refractivity contribution in [3.05, 3.63) is 51.8 Å². The Morgan fingerprint density at radius 1 is 1.13 bits per heavy atom. The summed E-state index contributed by atoms with van der Waals surface area (Å²) < 4.78 is 10.4. The maximum atomic E-state index is 12.5. The van der Waals surface area contributed by atoms with Gasteiger partial charge in [-0.1, -0.05) is 0 Å². The average molecular weight is 412 g/mol. The molecule has 3 rings (SSSR count). The molecule has 30 heavy (non-hydrogen) atoms. The van der Waals surface area contributed by atoms with Gasteiger partial charge in [-0.3, -0.25) is 9.59 Å². The predicted octanol–water partition coefficient (Wildman–Crippen LogP) is 3.29. The number of fused-ring (bicyclic) bond motifs is 1. The number of carbonyl (C=O) groups excluding carboxylic acids is 4. The number of carbonyl (C=O) groups is 4. The molecule has 1 aromatic heterocycles. The zero-order valence-electron chi connectivity index (χ0n) is 17.5. The van der Waals surface area contributed by atoms with Gasteiger partial charge in [0, 0.05) is 16.9 Å². The Hall–Kier alpha value is -3.42. The molecule has 1 atom stereocenters. The topological polar surface area (TPSA) is 115 Å². The van der Waals surface area contributed by atoms with E-state index in [0.717, 1.165) is 5.56 Å². The van der Waals surface area contributed by atoms with E-state index in [1.807, 2.05) is 0 Å². The van der Waals surface area contributed by atoms with Gasteiger partial charge in [-0.15, -0.1) is 0 Å². The van der Waals surface area contributed by atoms with Crippen LogP contribution in [0.25, 0.3) is 0 Å². The maximum Gasteiger partial charge on any atom is 0.355 e. The second-order valence-electron chi connectivity index (χ2n) is 7.59. The van der Waals surface area contributed by atoms with E-state index in [2.05, 4.69) is 10.3 Å². The minimum absolute atomic E-state index is 0.105. The zero-order chi connectivity index (χ0) is 22.2. The lowest BCUT2D eigenvalue weighted by molar-refractivity contribution is -0.116. The predicted molar refractivity (Wildman–Crippen MR) is 109 cm³/mol. The van der Waals surface area contributed by atoms with Crippen LogP contribution in [0, 0.1) is 13.8 Å². The fourth-order valence-corrected chi connectivity index (χ4v) is 3.41. The minimum Gasteiger partial charge on any atom is -0.459 e. The second kappa shape index (κ2) is 8.14. The summed E-state index contributed by atoms with van der Waals surface area (Å²) in [5.41, 5.74) is 3.05. The van der Waals surface area contributed by atoms with Crippen molar-refractivity contribution in [2.75, 3.05) is 11.9 Å². The van der Waals surface area contributed by atoms with Crippen LogP contribution in [0.4, 0.5) is 5.69 Å². The highest BCUT2D eigenvalue weighted by Gasteiger charge is 2.28. The normalized spacial score (nSPS) is 15.0. The van der Waals surface area contributed by atoms with E-state index in [0.29, 0.717) is 22.5 Å². The number of aryl methyl sites for hydroxylation is 1.